The van der Waals surface area contributed by atoms with Gasteiger partial charge in [0.05, 0.1) is 19.1 Å². The molecule has 2 aliphatic rings. The fourth-order valence-electron chi connectivity index (χ4n) is 4.06. The van der Waals surface area contributed by atoms with E-state index in [1.807, 2.05) is 24.3 Å². The Hall–Kier alpha value is -1.46. The topological polar surface area (TPSA) is 59.0 Å². The zero-order chi connectivity index (χ0) is 16.3. The second kappa shape index (κ2) is 8.08. The van der Waals surface area contributed by atoms with Gasteiger partial charge in [-0.1, -0.05) is 6.42 Å². The highest BCUT2D eigenvalue weighted by Gasteiger charge is 2.54. The Kier molecular flexibility index (Phi) is 6.35. The summed E-state index contributed by atoms with van der Waals surface area (Å²) in [7, 11) is 1.64. The number of fused-ring (bicyclic) bond motifs is 1. The minimum atomic E-state index is -0.600. The molecule has 3 rings (SSSR count). The summed E-state index contributed by atoms with van der Waals surface area (Å²) in [5.74, 6) is 1.39. The second-order valence-electron chi connectivity index (χ2n) is 6.66. The molecule has 2 fully saturated rings. The normalized spacial score (nSPS) is 25.8. The van der Waals surface area contributed by atoms with Crippen LogP contribution in [0.3, 0.4) is 0 Å². The predicted molar refractivity (Wildman–Crippen MR) is 94.2 cm³/mol. The molecule has 1 N–H and O–H groups in total. The van der Waals surface area contributed by atoms with Crippen LogP contribution in [0.4, 0.5) is 0 Å². The van der Waals surface area contributed by atoms with E-state index in [1.54, 1.807) is 7.11 Å². The van der Waals surface area contributed by atoms with Crippen molar-refractivity contribution >= 4 is 18.4 Å². The molecule has 1 aliphatic heterocycles. The third-order valence-corrected chi connectivity index (χ3v) is 5.31. The maximum atomic E-state index is 11.7. The number of benzene rings is 1. The number of ether oxygens (including phenoxy) is 2. The van der Waals surface area contributed by atoms with E-state index in [2.05, 4.69) is 4.90 Å². The van der Waals surface area contributed by atoms with Gasteiger partial charge in [0, 0.05) is 19.6 Å². The molecule has 0 radical (unpaired) electrons. The highest BCUT2D eigenvalue weighted by atomic mass is 35.5. The molecule has 0 spiro atoms. The van der Waals surface area contributed by atoms with Crippen LogP contribution in [0.1, 0.15) is 25.7 Å². The van der Waals surface area contributed by atoms with Gasteiger partial charge >= 0.3 is 5.97 Å². The van der Waals surface area contributed by atoms with Crippen LogP contribution in [-0.4, -0.2) is 49.3 Å². The molecule has 1 aliphatic carbocycles. The number of carboxylic acids is 1. The lowest BCUT2D eigenvalue weighted by Gasteiger charge is -2.23. The smallest absolute Gasteiger partial charge is 0.311 e. The summed E-state index contributed by atoms with van der Waals surface area (Å²) in [5, 5.41) is 9.59. The van der Waals surface area contributed by atoms with Gasteiger partial charge in [-0.15, -0.1) is 12.4 Å². The van der Waals surface area contributed by atoms with Crippen molar-refractivity contribution < 1.29 is 19.4 Å². The molecule has 0 unspecified atom stereocenters. The van der Waals surface area contributed by atoms with E-state index < -0.39 is 11.4 Å². The number of aliphatic carboxylic acids is 1. The Morgan fingerprint density at radius 3 is 2.67 bits per heavy atom. The summed E-state index contributed by atoms with van der Waals surface area (Å²) >= 11 is 0. The number of methoxy groups -OCH3 is 1. The molecule has 2 atom stereocenters. The fraction of sp³-hybridized carbons (Fsp3) is 0.611. The molecule has 6 heteroatoms. The molecule has 134 valence electrons. The number of carbonyl (C=O) groups is 1. The van der Waals surface area contributed by atoms with Crippen LogP contribution in [0, 0.1) is 11.3 Å². The number of halogens is 1. The first-order valence-electron chi connectivity index (χ1n) is 8.37. The zero-order valence-electron chi connectivity index (χ0n) is 14.1. The van der Waals surface area contributed by atoms with E-state index in [1.165, 1.54) is 0 Å². The number of hydrogen-bond acceptors (Lipinski definition) is 4. The van der Waals surface area contributed by atoms with Gasteiger partial charge in [-0.2, -0.15) is 0 Å². The average Bonchev–Trinajstić information content (AvgIpc) is 3.10. The molecule has 0 amide bonds. The molecular formula is C18H26ClNO4. The molecule has 1 aromatic rings. The number of nitrogens with zero attached hydrogens (tertiary/aromatic N) is 1. The van der Waals surface area contributed by atoms with Crippen molar-refractivity contribution in [1.82, 2.24) is 4.90 Å². The van der Waals surface area contributed by atoms with Crippen LogP contribution in [-0.2, 0) is 4.79 Å². The molecule has 1 saturated heterocycles. The number of rotatable bonds is 7. The van der Waals surface area contributed by atoms with Crippen LogP contribution in [0.2, 0.25) is 0 Å². The van der Waals surface area contributed by atoms with Gasteiger partial charge in [-0.05, 0) is 49.4 Å². The van der Waals surface area contributed by atoms with Crippen molar-refractivity contribution in [2.75, 3.05) is 33.4 Å². The Morgan fingerprint density at radius 1 is 1.33 bits per heavy atom. The minimum Gasteiger partial charge on any atom is -0.497 e. The molecule has 1 saturated carbocycles. The predicted octanol–water partition coefficient (Wildman–Crippen LogP) is 3.07. The van der Waals surface area contributed by atoms with Crippen LogP contribution < -0.4 is 9.47 Å². The molecule has 1 aromatic carbocycles. The van der Waals surface area contributed by atoms with Crippen molar-refractivity contribution in [3.8, 4) is 11.5 Å². The quantitative estimate of drug-likeness (QED) is 0.762. The van der Waals surface area contributed by atoms with Crippen molar-refractivity contribution in [3.63, 3.8) is 0 Å². The van der Waals surface area contributed by atoms with Crippen molar-refractivity contribution in [3.05, 3.63) is 24.3 Å². The third-order valence-electron chi connectivity index (χ3n) is 5.31. The average molecular weight is 356 g/mol. The number of hydrogen-bond donors (Lipinski definition) is 1. The van der Waals surface area contributed by atoms with Gasteiger partial charge in [-0.3, -0.25) is 4.79 Å². The van der Waals surface area contributed by atoms with Gasteiger partial charge in [0.2, 0.25) is 0 Å². The van der Waals surface area contributed by atoms with Gasteiger partial charge < -0.3 is 19.5 Å². The summed E-state index contributed by atoms with van der Waals surface area (Å²) in [6.07, 6.45) is 3.87. The van der Waals surface area contributed by atoms with E-state index in [0.717, 1.165) is 50.3 Å². The maximum Gasteiger partial charge on any atom is 0.311 e. The molecule has 0 aromatic heterocycles. The first-order valence-corrected chi connectivity index (χ1v) is 8.37. The molecule has 5 nitrogen and oxygen atoms in total. The summed E-state index contributed by atoms with van der Waals surface area (Å²) in [6.45, 7) is 3.18. The lowest BCUT2D eigenvalue weighted by Crippen LogP contribution is -2.36. The molecule has 0 bridgehead atoms. The lowest BCUT2D eigenvalue weighted by molar-refractivity contribution is -0.149. The summed E-state index contributed by atoms with van der Waals surface area (Å²) < 4.78 is 10.9. The Morgan fingerprint density at radius 2 is 2.04 bits per heavy atom. The minimum absolute atomic E-state index is 0. The second-order valence-corrected chi connectivity index (χ2v) is 6.66. The Balaban J connectivity index is 0.00000208. The highest BCUT2D eigenvalue weighted by Crippen LogP contribution is 2.48. The van der Waals surface area contributed by atoms with Gasteiger partial charge in [-0.25, -0.2) is 0 Å². The monoisotopic (exact) mass is 355 g/mol. The summed E-state index contributed by atoms with van der Waals surface area (Å²) in [5.41, 5.74) is -0.475. The van der Waals surface area contributed by atoms with E-state index in [4.69, 9.17) is 9.47 Å². The molecule has 24 heavy (non-hydrogen) atoms. The fourth-order valence-corrected chi connectivity index (χ4v) is 4.06. The SMILES string of the molecule is COc1ccc(OCCCN2C[C@@H]3CCC[C@@]3(C(=O)O)C2)cc1.Cl. The van der Waals surface area contributed by atoms with Crippen molar-refractivity contribution in [2.45, 2.75) is 25.7 Å². The molecular weight excluding hydrogens is 330 g/mol. The molecule has 1 heterocycles. The summed E-state index contributed by atoms with van der Waals surface area (Å²) in [6, 6.07) is 7.57. The first kappa shape index (κ1) is 18.9. The Bertz CT molecular complexity index is 550. The van der Waals surface area contributed by atoms with Crippen molar-refractivity contribution in [2.24, 2.45) is 11.3 Å². The highest BCUT2D eigenvalue weighted by molar-refractivity contribution is 5.85. The maximum absolute atomic E-state index is 11.7. The van der Waals surface area contributed by atoms with E-state index in [-0.39, 0.29) is 12.4 Å². The van der Waals surface area contributed by atoms with E-state index in [9.17, 15) is 9.90 Å². The number of carboxylic acid groups (broad SMARTS) is 1. The lowest BCUT2D eigenvalue weighted by atomic mass is 9.81. The first-order chi connectivity index (χ1) is 11.1. The standard InChI is InChI=1S/C18H25NO4.ClH/c1-22-15-5-7-16(8-6-15)23-11-3-10-19-12-14-4-2-9-18(14,13-19)17(20)21;/h5-8,14H,2-4,9-13H2,1H3,(H,20,21);1H/t14-,18+;/m0./s1. The summed E-state index contributed by atoms with van der Waals surface area (Å²) in [4.78, 5) is 14.0. The van der Waals surface area contributed by atoms with Gasteiger partial charge in [0.1, 0.15) is 11.5 Å². The largest absolute Gasteiger partial charge is 0.497 e. The Labute approximate surface area is 149 Å². The van der Waals surface area contributed by atoms with Crippen LogP contribution >= 0.6 is 12.4 Å². The van der Waals surface area contributed by atoms with Gasteiger partial charge in [0.25, 0.3) is 0 Å². The van der Waals surface area contributed by atoms with Crippen LogP contribution in [0.15, 0.2) is 24.3 Å². The van der Waals surface area contributed by atoms with Crippen molar-refractivity contribution in [1.29, 1.82) is 0 Å². The van der Waals surface area contributed by atoms with Gasteiger partial charge in [0.15, 0.2) is 0 Å². The van der Waals surface area contributed by atoms with E-state index >= 15 is 0 Å². The van der Waals surface area contributed by atoms with Crippen LogP contribution in [0.5, 0.6) is 11.5 Å². The number of likely N-dealkylation sites (tertiary alicyclic amines) is 1. The van der Waals surface area contributed by atoms with Crippen LogP contribution in [0.25, 0.3) is 0 Å². The zero-order valence-corrected chi connectivity index (χ0v) is 14.9. The van der Waals surface area contributed by atoms with E-state index in [0.29, 0.717) is 19.1 Å². The third kappa shape index (κ3) is 3.78.